The van der Waals surface area contributed by atoms with E-state index in [1.807, 2.05) is 30.6 Å². The van der Waals surface area contributed by atoms with Gasteiger partial charge in [-0.3, -0.25) is 15.1 Å². The first-order valence-corrected chi connectivity index (χ1v) is 7.35. The highest BCUT2D eigenvalue weighted by molar-refractivity contribution is 7.17. The van der Waals surface area contributed by atoms with Gasteiger partial charge in [-0.15, -0.1) is 11.3 Å². The first kappa shape index (κ1) is 13.5. The Morgan fingerprint density at radius 3 is 3.00 bits per heavy atom. The van der Waals surface area contributed by atoms with Gasteiger partial charge < -0.3 is 5.32 Å². The Bertz CT molecular complexity index is 800. The first-order chi connectivity index (χ1) is 10.1. The molecule has 0 bridgehead atoms. The van der Waals surface area contributed by atoms with Crippen LogP contribution in [0.5, 0.6) is 0 Å². The van der Waals surface area contributed by atoms with E-state index >= 15 is 0 Å². The Labute approximate surface area is 125 Å². The second-order valence-electron chi connectivity index (χ2n) is 4.75. The van der Waals surface area contributed by atoms with Crippen molar-refractivity contribution in [2.45, 2.75) is 13.0 Å². The number of anilines is 1. The molecule has 1 unspecified atom stereocenters. The summed E-state index contributed by atoms with van der Waals surface area (Å²) in [5.41, 5.74) is 2.85. The van der Waals surface area contributed by atoms with Crippen LogP contribution in [0.2, 0.25) is 0 Å². The van der Waals surface area contributed by atoms with Crippen LogP contribution in [0.3, 0.4) is 0 Å². The van der Waals surface area contributed by atoms with E-state index in [-0.39, 0.29) is 11.7 Å². The molecular weight excluding hydrogens is 286 g/mol. The predicted octanol–water partition coefficient (Wildman–Crippen LogP) is 4.38. The van der Waals surface area contributed by atoms with E-state index < -0.39 is 4.92 Å². The van der Waals surface area contributed by atoms with Gasteiger partial charge in [-0.05, 0) is 36.1 Å². The summed E-state index contributed by atoms with van der Waals surface area (Å²) >= 11 is 1.65. The summed E-state index contributed by atoms with van der Waals surface area (Å²) in [4.78, 5) is 14.8. The molecule has 0 amide bonds. The van der Waals surface area contributed by atoms with Gasteiger partial charge in [-0.25, -0.2) is 0 Å². The van der Waals surface area contributed by atoms with Crippen LogP contribution in [-0.2, 0) is 0 Å². The van der Waals surface area contributed by atoms with Crippen LogP contribution in [0, 0.1) is 10.1 Å². The van der Waals surface area contributed by atoms with Gasteiger partial charge in [0.1, 0.15) is 0 Å². The number of hydrogen-bond donors (Lipinski definition) is 1. The maximum atomic E-state index is 10.8. The summed E-state index contributed by atoms with van der Waals surface area (Å²) in [6.07, 6.45) is 1.84. The number of pyridine rings is 1. The zero-order valence-electron chi connectivity index (χ0n) is 11.3. The van der Waals surface area contributed by atoms with E-state index in [0.717, 1.165) is 21.5 Å². The number of nitrogens with one attached hydrogen (secondary N) is 1. The largest absolute Gasteiger partial charge is 0.378 e. The summed E-state index contributed by atoms with van der Waals surface area (Å²) in [6.45, 7) is 2.01. The van der Waals surface area contributed by atoms with Crippen molar-refractivity contribution in [1.82, 2.24) is 4.98 Å². The van der Waals surface area contributed by atoms with Gasteiger partial charge in [0, 0.05) is 24.0 Å². The maximum Gasteiger partial charge on any atom is 0.271 e. The van der Waals surface area contributed by atoms with Gasteiger partial charge in [-0.2, -0.15) is 0 Å². The molecule has 2 aromatic heterocycles. The van der Waals surface area contributed by atoms with Crippen molar-refractivity contribution in [3.05, 3.63) is 63.7 Å². The lowest BCUT2D eigenvalue weighted by atomic mass is 10.1. The fraction of sp³-hybridized carbons (Fsp3) is 0.133. The van der Waals surface area contributed by atoms with Gasteiger partial charge >= 0.3 is 0 Å². The summed E-state index contributed by atoms with van der Waals surface area (Å²) in [5.74, 6) is 0. The summed E-state index contributed by atoms with van der Waals surface area (Å²) in [7, 11) is 0. The van der Waals surface area contributed by atoms with Crippen molar-refractivity contribution >= 4 is 32.9 Å². The van der Waals surface area contributed by atoms with Crippen molar-refractivity contribution in [3.63, 3.8) is 0 Å². The fourth-order valence-corrected chi connectivity index (χ4v) is 2.93. The minimum Gasteiger partial charge on any atom is -0.378 e. The first-order valence-electron chi connectivity index (χ1n) is 6.47. The molecule has 106 valence electrons. The molecule has 0 radical (unpaired) electrons. The van der Waals surface area contributed by atoms with E-state index in [4.69, 9.17) is 0 Å². The fourth-order valence-electron chi connectivity index (χ4n) is 2.14. The maximum absolute atomic E-state index is 10.8. The number of fused-ring (bicyclic) bond motifs is 1. The summed E-state index contributed by atoms with van der Waals surface area (Å²) in [5, 5.41) is 16.1. The number of nitrogens with zero attached hydrogens (tertiary/aromatic N) is 2. The van der Waals surface area contributed by atoms with Crippen molar-refractivity contribution in [1.29, 1.82) is 0 Å². The Morgan fingerprint density at radius 1 is 1.33 bits per heavy atom. The quantitative estimate of drug-likeness (QED) is 0.573. The van der Waals surface area contributed by atoms with Gasteiger partial charge in [-0.1, -0.05) is 6.07 Å². The lowest BCUT2D eigenvalue weighted by molar-refractivity contribution is -0.384. The van der Waals surface area contributed by atoms with Crippen LogP contribution in [0.1, 0.15) is 18.5 Å². The number of rotatable bonds is 4. The normalized spacial score (nSPS) is 12.2. The molecule has 0 spiro atoms. The SMILES string of the molecule is CC(Nc1cccc([N+](=O)[O-])c1)c1cnc2ccsc2c1. The topological polar surface area (TPSA) is 68.1 Å². The molecule has 0 saturated heterocycles. The highest BCUT2D eigenvalue weighted by Gasteiger charge is 2.10. The van der Waals surface area contributed by atoms with Crippen molar-refractivity contribution in [3.8, 4) is 0 Å². The van der Waals surface area contributed by atoms with Crippen molar-refractivity contribution < 1.29 is 4.92 Å². The Morgan fingerprint density at radius 2 is 2.19 bits per heavy atom. The Balaban J connectivity index is 1.83. The summed E-state index contributed by atoms with van der Waals surface area (Å²) in [6, 6.07) is 10.6. The lowest BCUT2D eigenvalue weighted by Gasteiger charge is -2.15. The van der Waals surface area contributed by atoms with Crippen LogP contribution in [0.25, 0.3) is 10.2 Å². The smallest absolute Gasteiger partial charge is 0.271 e. The van der Waals surface area contributed by atoms with Gasteiger partial charge in [0.2, 0.25) is 0 Å². The Kier molecular flexibility index (Phi) is 3.53. The van der Waals surface area contributed by atoms with Gasteiger partial charge in [0.15, 0.2) is 0 Å². The number of nitro benzene ring substituents is 1. The predicted molar refractivity (Wildman–Crippen MR) is 84.8 cm³/mol. The zero-order valence-corrected chi connectivity index (χ0v) is 12.1. The van der Waals surface area contributed by atoms with E-state index in [1.165, 1.54) is 12.1 Å². The van der Waals surface area contributed by atoms with Crippen LogP contribution in [0.4, 0.5) is 11.4 Å². The average Bonchev–Trinajstić information content (AvgIpc) is 2.94. The molecule has 2 heterocycles. The standard InChI is InChI=1S/C15H13N3O2S/c1-10(11-7-15-14(16-9-11)5-6-21-15)17-12-3-2-4-13(8-12)18(19)20/h2-10,17H,1H3. The van der Waals surface area contributed by atoms with E-state index in [2.05, 4.69) is 16.4 Å². The van der Waals surface area contributed by atoms with E-state index in [0.29, 0.717) is 0 Å². The minimum absolute atomic E-state index is 0.0194. The second kappa shape index (κ2) is 5.49. The third kappa shape index (κ3) is 2.85. The Hall–Kier alpha value is -2.47. The molecule has 0 aliphatic carbocycles. The van der Waals surface area contributed by atoms with Crippen molar-refractivity contribution in [2.24, 2.45) is 0 Å². The molecule has 0 aliphatic rings. The van der Waals surface area contributed by atoms with Gasteiger partial charge in [0.05, 0.1) is 21.2 Å². The number of nitro groups is 1. The highest BCUT2D eigenvalue weighted by atomic mass is 32.1. The number of non-ortho nitro benzene ring substituents is 1. The molecule has 6 heteroatoms. The number of benzene rings is 1. The molecular formula is C15H13N3O2S. The molecule has 0 fully saturated rings. The molecule has 1 atom stereocenters. The van der Waals surface area contributed by atoms with Crippen molar-refractivity contribution in [2.75, 3.05) is 5.32 Å². The molecule has 3 rings (SSSR count). The third-order valence-corrected chi connectivity index (χ3v) is 4.12. The van der Waals surface area contributed by atoms with Gasteiger partial charge in [0.25, 0.3) is 5.69 Å². The number of aromatic nitrogens is 1. The average molecular weight is 299 g/mol. The van der Waals surface area contributed by atoms with Crippen LogP contribution >= 0.6 is 11.3 Å². The third-order valence-electron chi connectivity index (χ3n) is 3.26. The number of thiophene rings is 1. The summed E-state index contributed by atoms with van der Waals surface area (Å²) < 4.78 is 1.14. The molecule has 3 aromatic rings. The zero-order chi connectivity index (χ0) is 14.8. The van der Waals surface area contributed by atoms with Crippen LogP contribution in [0.15, 0.2) is 48.0 Å². The highest BCUT2D eigenvalue weighted by Crippen LogP contribution is 2.26. The molecule has 5 nitrogen and oxygen atoms in total. The van der Waals surface area contributed by atoms with E-state index in [1.54, 1.807) is 17.4 Å². The monoisotopic (exact) mass is 299 g/mol. The van der Waals surface area contributed by atoms with E-state index in [9.17, 15) is 10.1 Å². The molecule has 1 aromatic carbocycles. The molecule has 0 aliphatic heterocycles. The lowest BCUT2D eigenvalue weighted by Crippen LogP contribution is -2.07. The minimum atomic E-state index is -0.394. The van der Waals surface area contributed by atoms with Crippen LogP contribution < -0.4 is 5.32 Å². The molecule has 21 heavy (non-hydrogen) atoms. The number of hydrogen-bond acceptors (Lipinski definition) is 5. The molecule has 1 N–H and O–H groups in total. The second-order valence-corrected chi connectivity index (χ2v) is 5.69. The molecule has 0 saturated carbocycles. The van der Waals surface area contributed by atoms with Crippen LogP contribution in [-0.4, -0.2) is 9.91 Å².